The minimum Gasteiger partial charge on any atom is -0.379 e. The highest BCUT2D eigenvalue weighted by Crippen LogP contribution is 1.85. The molecule has 4 nitrogen and oxygen atoms in total. The zero-order valence-electron chi connectivity index (χ0n) is 6.95. The van der Waals surface area contributed by atoms with Gasteiger partial charge in [0.1, 0.15) is 0 Å². The number of ether oxygens (including phenoxy) is 2. The Kier molecular flexibility index (Phi) is 7.83. The van der Waals surface area contributed by atoms with Crippen LogP contribution in [0.15, 0.2) is 0 Å². The van der Waals surface area contributed by atoms with Crippen molar-refractivity contribution in [3.05, 3.63) is 0 Å². The Bertz CT molecular complexity index is 78.1. The van der Waals surface area contributed by atoms with Gasteiger partial charge in [0.25, 0.3) is 0 Å². The SMILES string of the molecule is CC(O)OCCOCCCN. The van der Waals surface area contributed by atoms with Crippen molar-refractivity contribution in [2.75, 3.05) is 26.4 Å². The summed E-state index contributed by atoms with van der Waals surface area (Å²) < 4.78 is 9.93. The summed E-state index contributed by atoms with van der Waals surface area (Å²) in [6.07, 6.45) is 0.169. The molecule has 0 aromatic rings. The summed E-state index contributed by atoms with van der Waals surface area (Å²) in [5.41, 5.74) is 5.24. The van der Waals surface area contributed by atoms with E-state index in [4.69, 9.17) is 20.3 Å². The first-order valence-corrected chi connectivity index (χ1v) is 3.85. The van der Waals surface area contributed by atoms with Crippen LogP contribution in [0, 0.1) is 0 Å². The Hall–Kier alpha value is -0.160. The predicted molar refractivity (Wildman–Crippen MR) is 42.1 cm³/mol. The Balaban J connectivity index is 2.80. The summed E-state index contributed by atoms with van der Waals surface area (Å²) in [6, 6.07) is 0. The van der Waals surface area contributed by atoms with Gasteiger partial charge in [-0.15, -0.1) is 0 Å². The van der Waals surface area contributed by atoms with Crippen LogP contribution in [0.4, 0.5) is 0 Å². The zero-order chi connectivity index (χ0) is 8.53. The van der Waals surface area contributed by atoms with Crippen molar-refractivity contribution in [2.45, 2.75) is 19.6 Å². The average molecular weight is 163 g/mol. The molecule has 68 valence electrons. The summed E-state index contributed by atoms with van der Waals surface area (Å²) in [5.74, 6) is 0. The van der Waals surface area contributed by atoms with Crippen LogP contribution >= 0.6 is 0 Å². The van der Waals surface area contributed by atoms with E-state index in [0.29, 0.717) is 26.4 Å². The van der Waals surface area contributed by atoms with E-state index < -0.39 is 6.29 Å². The zero-order valence-corrected chi connectivity index (χ0v) is 6.95. The minimum atomic E-state index is -0.701. The lowest BCUT2D eigenvalue weighted by Gasteiger charge is -2.06. The van der Waals surface area contributed by atoms with Crippen molar-refractivity contribution in [1.82, 2.24) is 0 Å². The summed E-state index contributed by atoms with van der Waals surface area (Å²) >= 11 is 0. The van der Waals surface area contributed by atoms with Crippen LogP contribution in [0.1, 0.15) is 13.3 Å². The molecule has 0 aromatic carbocycles. The van der Waals surface area contributed by atoms with E-state index in [2.05, 4.69) is 0 Å². The predicted octanol–water partition coefficient (Wildman–Crippen LogP) is -0.293. The second-order valence-electron chi connectivity index (χ2n) is 2.22. The molecule has 0 heterocycles. The number of aliphatic hydroxyl groups is 1. The lowest BCUT2D eigenvalue weighted by atomic mass is 10.5. The van der Waals surface area contributed by atoms with Crippen LogP contribution in [0.2, 0.25) is 0 Å². The van der Waals surface area contributed by atoms with Gasteiger partial charge in [-0.3, -0.25) is 0 Å². The van der Waals surface area contributed by atoms with Crippen LogP contribution in [-0.2, 0) is 9.47 Å². The van der Waals surface area contributed by atoms with Crippen molar-refractivity contribution in [1.29, 1.82) is 0 Å². The largest absolute Gasteiger partial charge is 0.379 e. The van der Waals surface area contributed by atoms with Gasteiger partial charge in [-0.2, -0.15) is 0 Å². The smallest absolute Gasteiger partial charge is 0.151 e. The highest BCUT2D eigenvalue weighted by atomic mass is 16.6. The molecular weight excluding hydrogens is 146 g/mol. The Labute approximate surface area is 67.3 Å². The van der Waals surface area contributed by atoms with E-state index >= 15 is 0 Å². The molecule has 0 saturated carbocycles. The standard InChI is InChI=1S/C7H17NO3/c1-7(9)11-6-5-10-4-2-3-8/h7,9H,2-6,8H2,1H3. The number of aliphatic hydroxyl groups excluding tert-OH is 1. The van der Waals surface area contributed by atoms with Gasteiger partial charge in [0.05, 0.1) is 13.2 Å². The highest BCUT2D eigenvalue weighted by molar-refractivity contribution is 4.36. The quantitative estimate of drug-likeness (QED) is 0.400. The summed E-state index contributed by atoms with van der Waals surface area (Å²) in [6.45, 7) is 3.84. The monoisotopic (exact) mass is 163 g/mol. The van der Waals surface area contributed by atoms with Crippen LogP contribution < -0.4 is 5.73 Å². The molecule has 0 aliphatic rings. The third-order valence-electron chi connectivity index (χ3n) is 1.08. The molecule has 0 fully saturated rings. The van der Waals surface area contributed by atoms with Crippen molar-refractivity contribution in [2.24, 2.45) is 5.73 Å². The highest BCUT2D eigenvalue weighted by Gasteiger charge is 1.93. The molecule has 1 atom stereocenters. The second kappa shape index (κ2) is 7.94. The summed E-state index contributed by atoms with van der Waals surface area (Å²) in [5, 5.41) is 8.66. The van der Waals surface area contributed by atoms with Crippen LogP contribution in [0.3, 0.4) is 0 Å². The van der Waals surface area contributed by atoms with Crippen LogP contribution in [-0.4, -0.2) is 37.8 Å². The lowest BCUT2D eigenvalue weighted by Crippen LogP contribution is -2.13. The van der Waals surface area contributed by atoms with E-state index in [1.807, 2.05) is 0 Å². The van der Waals surface area contributed by atoms with E-state index in [0.717, 1.165) is 6.42 Å². The Morgan fingerprint density at radius 2 is 2.09 bits per heavy atom. The van der Waals surface area contributed by atoms with E-state index in [1.165, 1.54) is 0 Å². The van der Waals surface area contributed by atoms with Crippen LogP contribution in [0.5, 0.6) is 0 Å². The first-order chi connectivity index (χ1) is 5.27. The number of hydrogen-bond donors (Lipinski definition) is 2. The summed E-state index contributed by atoms with van der Waals surface area (Å²) in [4.78, 5) is 0. The molecule has 4 heteroatoms. The maximum Gasteiger partial charge on any atom is 0.151 e. The molecule has 11 heavy (non-hydrogen) atoms. The van der Waals surface area contributed by atoms with Gasteiger partial charge < -0.3 is 20.3 Å². The molecule has 1 unspecified atom stereocenters. The number of nitrogens with two attached hydrogens (primary N) is 1. The number of rotatable bonds is 7. The topological polar surface area (TPSA) is 64.7 Å². The molecule has 0 amide bonds. The lowest BCUT2D eigenvalue weighted by molar-refractivity contribution is -0.0993. The molecule has 0 bridgehead atoms. The Morgan fingerprint density at radius 1 is 1.36 bits per heavy atom. The summed E-state index contributed by atoms with van der Waals surface area (Å²) in [7, 11) is 0. The maximum atomic E-state index is 8.66. The van der Waals surface area contributed by atoms with Gasteiger partial charge in [-0.05, 0) is 19.9 Å². The third-order valence-corrected chi connectivity index (χ3v) is 1.08. The first-order valence-electron chi connectivity index (χ1n) is 3.85. The molecule has 0 radical (unpaired) electrons. The van der Waals surface area contributed by atoms with Crippen LogP contribution in [0.25, 0.3) is 0 Å². The minimum absolute atomic E-state index is 0.433. The molecule has 0 spiro atoms. The van der Waals surface area contributed by atoms with Crippen molar-refractivity contribution >= 4 is 0 Å². The molecule has 0 aromatic heterocycles. The van der Waals surface area contributed by atoms with Crippen molar-refractivity contribution in [3.63, 3.8) is 0 Å². The first kappa shape index (κ1) is 10.8. The third kappa shape index (κ3) is 9.84. The fraction of sp³-hybridized carbons (Fsp3) is 1.00. The number of hydrogen-bond acceptors (Lipinski definition) is 4. The molecule has 0 aliphatic carbocycles. The molecular formula is C7H17NO3. The maximum absolute atomic E-state index is 8.66. The van der Waals surface area contributed by atoms with Gasteiger partial charge in [0.15, 0.2) is 6.29 Å². The average Bonchev–Trinajstić information content (AvgIpc) is 1.96. The Morgan fingerprint density at radius 3 is 2.64 bits per heavy atom. The normalized spacial score (nSPS) is 13.4. The van der Waals surface area contributed by atoms with E-state index in [-0.39, 0.29) is 0 Å². The molecule has 0 aliphatic heterocycles. The van der Waals surface area contributed by atoms with Gasteiger partial charge >= 0.3 is 0 Å². The fourth-order valence-corrected chi connectivity index (χ4v) is 0.565. The van der Waals surface area contributed by atoms with E-state index in [9.17, 15) is 0 Å². The van der Waals surface area contributed by atoms with Gasteiger partial charge in [-0.25, -0.2) is 0 Å². The van der Waals surface area contributed by atoms with Gasteiger partial charge in [0.2, 0.25) is 0 Å². The van der Waals surface area contributed by atoms with E-state index in [1.54, 1.807) is 6.92 Å². The van der Waals surface area contributed by atoms with Crippen molar-refractivity contribution < 1.29 is 14.6 Å². The fourth-order valence-electron chi connectivity index (χ4n) is 0.565. The molecule has 0 rings (SSSR count). The molecule has 3 N–H and O–H groups in total. The van der Waals surface area contributed by atoms with Gasteiger partial charge in [-0.1, -0.05) is 0 Å². The second-order valence-corrected chi connectivity index (χ2v) is 2.22. The molecule has 0 saturated heterocycles. The van der Waals surface area contributed by atoms with Crippen molar-refractivity contribution in [3.8, 4) is 0 Å². The van der Waals surface area contributed by atoms with Gasteiger partial charge in [0, 0.05) is 6.61 Å².